The van der Waals surface area contributed by atoms with Crippen molar-refractivity contribution < 1.29 is 4.39 Å². The van der Waals surface area contributed by atoms with E-state index in [0.29, 0.717) is 0 Å². The summed E-state index contributed by atoms with van der Waals surface area (Å²) in [6, 6.07) is 4.90. The number of alkyl halides is 1. The third kappa shape index (κ3) is 1.35. The molecule has 0 fully saturated rings. The minimum absolute atomic E-state index is 0.0533. The highest BCUT2D eigenvalue weighted by Gasteiger charge is 2.37. The zero-order valence-electron chi connectivity index (χ0n) is 7.77. The maximum atomic E-state index is 12.9. The number of benzene rings is 1. The van der Waals surface area contributed by atoms with Crippen molar-refractivity contribution >= 4 is 11.6 Å². The Morgan fingerprint density at radius 2 is 2.15 bits per heavy atom. The Kier molecular flexibility index (Phi) is 1.88. The highest BCUT2D eigenvalue weighted by atomic mass is 35.5. The molecule has 1 aliphatic rings. The Morgan fingerprint density at radius 3 is 2.85 bits per heavy atom. The third-order valence-electron chi connectivity index (χ3n) is 2.71. The lowest BCUT2D eigenvalue weighted by Crippen LogP contribution is -2.12. The van der Waals surface area contributed by atoms with E-state index in [9.17, 15) is 4.39 Å². The van der Waals surface area contributed by atoms with Crippen LogP contribution in [0.15, 0.2) is 18.2 Å². The number of hydrogen-bond acceptors (Lipinski definition) is 0. The van der Waals surface area contributed by atoms with E-state index in [4.69, 9.17) is 11.6 Å². The average molecular weight is 199 g/mol. The van der Waals surface area contributed by atoms with Crippen molar-refractivity contribution in [2.75, 3.05) is 0 Å². The molecule has 0 bridgehead atoms. The van der Waals surface area contributed by atoms with Gasteiger partial charge in [-0.3, -0.25) is 0 Å². The van der Waals surface area contributed by atoms with Gasteiger partial charge < -0.3 is 0 Å². The van der Waals surface area contributed by atoms with Crippen molar-refractivity contribution in [3.05, 3.63) is 35.1 Å². The van der Waals surface area contributed by atoms with E-state index in [2.05, 4.69) is 13.8 Å². The van der Waals surface area contributed by atoms with Crippen molar-refractivity contribution in [2.45, 2.75) is 25.6 Å². The molecular weight excluding hydrogens is 187 g/mol. The molecule has 1 aromatic carbocycles. The predicted octanol–water partition coefficient (Wildman–Crippen LogP) is 3.69. The summed E-state index contributed by atoms with van der Waals surface area (Å²) in [6.07, 6.45) is 0.941. The molecular formula is C11H12ClF. The fourth-order valence-corrected chi connectivity index (χ4v) is 2.24. The normalized spacial score (nSPS) is 24.5. The van der Waals surface area contributed by atoms with E-state index >= 15 is 0 Å². The van der Waals surface area contributed by atoms with Crippen LogP contribution in [-0.2, 0) is 6.42 Å². The van der Waals surface area contributed by atoms with Crippen molar-refractivity contribution in [1.82, 2.24) is 0 Å². The molecule has 1 atom stereocenters. The van der Waals surface area contributed by atoms with Crippen molar-refractivity contribution in [3.8, 4) is 0 Å². The van der Waals surface area contributed by atoms with E-state index in [1.165, 1.54) is 11.6 Å². The topological polar surface area (TPSA) is 0 Å². The standard InChI is InChI=1S/C11H12ClF/c1-11(2)6-7-3-4-8(13)5-9(7)10(11)12/h3-5,10H,6H2,1-2H3. The summed E-state index contributed by atoms with van der Waals surface area (Å²) in [5, 5.41) is -0.0572. The van der Waals surface area contributed by atoms with Gasteiger partial charge in [-0.25, -0.2) is 4.39 Å². The monoisotopic (exact) mass is 198 g/mol. The number of fused-ring (bicyclic) bond motifs is 1. The zero-order chi connectivity index (χ0) is 9.64. The summed E-state index contributed by atoms with van der Waals surface area (Å²) >= 11 is 6.24. The van der Waals surface area contributed by atoms with E-state index in [1.54, 1.807) is 6.07 Å². The van der Waals surface area contributed by atoms with Crippen LogP contribution >= 0.6 is 11.6 Å². The van der Waals surface area contributed by atoms with Crippen molar-refractivity contribution in [1.29, 1.82) is 0 Å². The summed E-state index contributed by atoms with van der Waals surface area (Å²) < 4.78 is 12.9. The first-order chi connectivity index (χ1) is 6.00. The van der Waals surface area contributed by atoms with Crippen LogP contribution in [0.5, 0.6) is 0 Å². The summed E-state index contributed by atoms with van der Waals surface area (Å²) in [7, 11) is 0. The van der Waals surface area contributed by atoms with Crippen molar-refractivity contribution in [2.24, 2.45) is 5.41 Å². The van der Waals surface area contributed by atoms with Crippen LogP contribution in [0.3, 0.4) is 0 Å². The van der Waals surface area contributed by atoms with Crippen LogP contribution in [0.4, 0.5) is 4.39 Å². The lowest BCUT2D eigenvalue weighted by molar-refractivity contribution is 0.379. The van der Waals surface area contributed by atoms with Crippen LogP contribution in [0.1, 0.15) is 30.4 Å². The largest absolute Gasteiger partial charge is 0.207 e. The Labute approximate surface area is 82.7 Å². The van der Waals surface area contributed by atoms with Crippen LogP contribution in [0.25, 0.3) is 0 Å². The van der Waals surface area contributed by atoms with Gasteiger partial charge in [0.05, 0.1) is 5.38 Å². The molecule has 1 aliphatic carbocycles. The maximum absolute atomic E-state index is 12.9. The summed E-state index contributed by atoms with van der Waals surface area (Å²) in [5.41, 5.74) is 2.20. The van der Waals surface area contributed by atoms with Gasteiger partial charge in [0.25, 0.3) is 0 Å². The van der Waals surface area contributed by atoms with Gasteiger partial charge in [-0.05, 0) is 35.1 Å². The van der Waals surface area contributed by atoms with Gasteiger partial charge in [0, 0.05) is 0 Å². The quantitative estimate of drug-likeness (QED) is 0.558. The first-order valence-electron chi connectivity index (χ1n) is 4.43. The molecule has 0 radical (unpaired) electrons. The summed E-state index contributed by atoms with van der Waals surface area (Å²) in [5.74, 6) is -0.192. The molecule has 1 unspecified atom stereocenters. The van der Waals surface area contributed by atoms with Gasteiger partial charge in [0.2, 0.25) is 0 Å². The second-order valence-electron chi connectivity index (χ2n) is 4.37. The van der Waals surface area contributed by atoms with Gasteiger partial charge in [-0.1, -0.05) is 19.9 Å². The van der Waals surface area contributed by atoms with E-state index < -0.39 is 0 Å². The molecule has 0 aliphatic heterocycles. The summed E-state index contributed by atoms with van der Waals surface area (Å²) in [6.45, 7) is 4.23. The second-order valence-corrected chi connectivity index (χ2v) is 4.81. The van der Waals surface area contributed by atoms with Gasteiger partial charge >= 0.3 is 0 Å². The average Bonchev–Trinajstić information content (AvgIpc) is 2.26. The molecule has 0 saturated carbocycles. The molecule has 2 rings (SSSR count). The van der Waals surface area contributed by atoms with E-state index in [1.807, 2.05) is 6.07 Å². The van der Waals surface area contributed by atoms with E-state index in [-0.39, 0.29) is 16.6 Å². The first-order valence-corrected chi connectivity index (χ1v) is 4.87. The highest BCUT2D eigenvalue weighted by molar-refractivity contribution is 6.21. The fourth-order valence-electron chi connectivity index (χ4n) is 1.96. The van der Waals surface area contributed by atoms with Crippen LogP contribution in [-0.4, -0.2) is 0 Å². The zero-order valence-corrected chi connectivity index (χ0v) is 8.53. The Balaban J connectivity index is 2.51. The molecule has 2 heteroatoms. The smallest absolute Gasteiger partial charge is 0.123 e. The molecule has 13 heavy (non-hydrogen) atoms. The number of rotatable bonds is 0. The predicted molar refractivity (Wildman–Crippen MR) is 52.5 cm³/mol. The molecule has 0 nitrogen and oxygen atoms in total. The fraction of sp³-hybridized carbons (Fsp3) is 0.455. The van der Waals surface area contributed by atoms with Gasteiger partial charge in [0.15, 0.2) is 0 Å². The highest BCUT2D eigenvalue weighted by Crippen LogP contribution is 2.49. The van der Waals surface area contributed by atoms with Crippen molar-refractivity contribution in [3.63, 3.8) is 0 Å². The maximum Gasteiger partial charge on any atom is 0.123 e. The van der Waals surface area contributed by atoms with Gasteiger partial charge in [0.1, 0.15) is 5.82 Å². The SMILES string of the molecule is CC1(C)Cc2ccc(F)cc2C1Cl. The molecule has 0 saturated heterocycles. The number of halogens is 2. The van der Waals surface area contributed by atoms with E-state index in [0.717, 1.165) is 12.0 Å². The summed E-state index contributed by atoms with van der Waals surface area (Å²) in [4.78, 5) is 0. The van der Waals surface area contributed by atoms with Crippen LogP contribution in [0.2, 0.25) is 0 Å². The Bertz CT molecular complexity index is 344. The molecule has 0 spiro atoms. The lowest BCUT2D eigenvalue weighted by atomic mass is 9.90. The second kappa shape index (κ2) is 2.71. The lowest BCUT2D eigenvalue weighted by Gasteiger charge is -2.21. The van der Waals surface area contributed by atoms with Crippen LogP contribution < -0.4 is 0 Å². The first kappa shape index (κ1) is 9.01. The number of hydrogen-bond donors (Lipinski definition) is 0. The van der Waals surface area contributed by atoms with Gasteiger partial charge in [-0.2, -0.15) is 0 Å². The van der Waals surface area contributed by atoms with Crippen LogP contribution in [0, 0.1) is 11.2 Å². The Hall–Kier alpha value is -0.560. The third-order valence-corrected chi connectivity index (χ3v) is 3.54. The minimum atomic E-state index is -0.192. The molecule has 0 amide bonds. The molecule has 0 N–H and O–H groups in total. The molecule has 1 aromatic rings. The molecule has 0 heterocycles. The molecule has 70 valence electrons. The minimum Gasteiger partial charge on any atom is -0.207 e. The molecule has 0 aromatic heterocycles. The Morgan fingerprint density at radius 1 is 1.46 bits per heavy atom. The van der Waals surface area contributed by atoms with Gasteiger partial charge in [-0.15, -0.1) is 11.6 Å².